The van der Waals surface area contributed by atoms with Gasteiger partial charge in [0.05, 0.1) is 13.2 Å². The van der Waals surface area contributed by atoms with E-state index in [-0.39, 0.29) is 5.97 Å². The van der Waals surface area contributed by atoms with E-state index in [4.69, 9.17) is 9.47 Å². The van der Waals surface area contributed by atoms with E-state index in [2.05, 4.69) is 12.2 Å². The highest BCUT2D eigenvalue weighted by atomic mass is 32.2. The quantitative estimate of drug-likeness (QED) is 0.521. The van der Waals surface area contributed by atoms with E-state index in [0.717, 1.165) is 44.6 Å². The van der Waals surface area contributed by atoms with Crippen LogP contribution in [0.5, 0.6) is 0 Å². The lowest BCUT2D eigenvalue weighted by molar-refractivity contribution is -0.151. The fraction of sp³-hybridized carbons (Fsp3) is 0.929. The molecule has 0 spiro atoms. The van der Waals surface area contributed by atoms with Gasteiger partial charge in [0.1, 0.15) is 5.54 Å². The van der Waals surface area contributed by atoms with Crippen molar-refractivity contribution < 1.29 is 14.3 Å². The number of hydrogen-bond acceptors (Lipinski definition) is 5. The van der Waals surface area contributed by atoms with Crippen molar-refractivity contribution in [3.8, 4) is 0 Å². The van der Waals surface area contributed by atoms with Gasteiger partial charge in [-0.2, -0.15) is 11.8 Å². The number of hydrogen-bond donors (Lipinski definition) is 1. The summed E-state index contributed by atoms with van der Waals surface area (Å²) in [5, 5.41) is 3.96. The van der Waals surface area contributed by atoms with Crippen molar-refractivity contribution in [3.63, 3.8) is 0 Å². The van der Waals surface area contributed by atoms with Gasteiger partial charge in [-0.1, -0.05) is 6.92 Å². The molecule has 0 radical (unpaired) electrons. The third-order valence-corrected chi connectivity index (χ3v) is 4.77. The van der Waals surface area contributed by atoms with E-state index in [0.29, 0.717) is 11.9 Å². The van der Waals surface area contributed by atoms with Crippen LogP contribution in [0.2, 0.25) is 0 Å². The van der Waals surface area contributed by atoms with Crippen molar-refractivity contribution in [3.05, 3.63) is 0 Å². The number of ether oxygens (including phenoxy) is 2. The van der Waals surface area contributed by atoms with E-state index in [9.17, 15) is 4.79 Å². The topological polar surface area (TPSA) is 47.6 Å². The van der Waals surface area contributed by atoms with Crippen LogP contribution < -0.4 is 5.32 Å². The average molecular weight is 289 g/mol. The molecule has 1 N–H and O–H groups in total. The smallest absolute Gasteiger partial charge is 0.326 e. The number of esters is 1. The third-order valence-electron chi connectivity index (χ3n) is 3.49. The Bertz CT molecular complexity index is 275. The maximum absolute atomic E-state index is 12.2. The second kappa shape index (κ2) is 8.82. The molecule has 1 aliphatic carbocycles. The maximum atomic E-state index is 12.2. The van der Waals surface area contributed by atoms with E-state index in [1.165, 1.54) is 0 Å². The van der Waals surface area contributed by atoms with E-state index < -0.39 is 5.54 Å². The minimum absolute atomic E-state index is 0.0710. The molecule has 0 aromatic rings. The molecule has 0 bridgehead atoms. The first-order valence-electron chi connectivity index (χ1n) is 7.21. The van der Waals surface area contributed by atoms with Gasteiger partial charge in [0, 0.05) is 18.1 Å². The van der Waals surface area contributed by atoms with Gasteiger partial charge in [0.15, 0.2) is 0 Å². The lowest BCUT2D eigenvalue weighted by Crippen LogP contribution is -2.51. The maximum Gasteiger partial charge on any atom is 0.326 e. The summed E-state index contributed by atoms with van der Waals surface area (Å²) in [4.78, 5) is 12.2. The number of carbonyl (C=O) groups excluding carboxylic acids is 1. The molecule has 112 valence electrons. The Morgan fingerprint density at radius 1 is 1.47 bits per heavy atom. The normalized spacial score (nSPS) is 26.6. The van der Waals surface area contributed by atoms with Crippen molar-refractivity contribution in [1.82, 2.24) is 5.32 Å². The van der Waals surface area contributed by atoms with E-state index in [1.807, 2.05) is 18.7 Å². The van der Waals surface area contributed by atoms with E-state index in [1.54, 1.807) is 7.11 Å². The van der Waals surface area contributed by atoms with Crippen molar-refractivity contribution >= 4 is 17.7 Å². The van der Waals surface area contributed by atoms with Crippen molar-refractivity contribution in [2.75, 3.05) is 32.6 Å². The zero-order valence-electron chi connectivity index (χ0n) is 12.4. The molecule has 0 heterocycles. The van der Waals surface area contributed by atoms with Crippen molar-refractivity contribution in [1.29, 1.82) is 0 Å². The second-order valence-electron chi connectivity index (χ2n) is 4.96. The highest BCUT2D eigenvalue weighted by Gasteiger charge is 2.46. The first kappa shape index (κ1) is 16.8. The van der Waals surface area contributed by atoms with Crippen LogP contribution in [-0.4, -0.2) is 49.4 Å². The molecule has 19 heavy (non-hydrogen) atoms. The summed E-state index contributed by atoms with van der Waals surface area (Å²) in [5.41, 5.74) is -0.448. The minimum atomic E-state index is -0.448. The van der Waals surface area contributed by atoms with Gasteiger partial charge in [0.2, 0.25) is 0 Å². The summed E-state index contributed by atoms with van der Waals surface area (Å²) in [6.45, 7) is 6.08. The number of thioether (sulfide) groups is 1. The largest absolute Gasteiger partial charge is 0.465 e. The molecule has 0 aliphatic heterocycles. The van der Waals surface area contributed by atoms with Crippen LogP contribution in [0.4, 0.5) is 0 Å². The summed E-state index contributed by atoms with van der Waals surface area (Å²) in [6.07, 6.45) is 3.86. The van der Waals surface area contributed by atoms with Gasteiger partial charge in [-0.25, -0.2) is 0 Å². The van der Waals surface area contributed by atoms with Crippen LogP contribution in [-0.2, 0) is 14.3 Å². The van der Waals surface area contributed by atoms with Gasteiger partial charge in [-0.05, 0) is 39.2 Å². The molecule has 4 nitrogen and oxygen atoms in total. The van der Waals surface area contributed by atoms with Crippen LogP contribution in [0, 0.1) is 0 Å². The van der Waals surface area contributed by atoms with Crippen LogP contribution in [0.15, 0.2) is 0 Å². The molecule has 2 unspecified atom stereocenters. The Labute approximate surface area is 121 Å². The second-order valence-corrected chi connectivity index (χ2v) is 6.37. The fourth-order valence-electron chi connectivity index (χ4n) is 2.49. The van der Waals surface area contributed by atoms with Gasteiger partial charge in [0.25, 0.3) is 0 Å². The van der Waals surface area contributed by atoms with Crippen LogP contribution in [0.3, 0.4) is 0 Å². The first-order valence-corrected chi connectivity index (χ1v) is 8.26. The van der Waals surface area contributed by atoms with Gasteiger partial charge < -0.3 is 14.8 Å². The standard InChI is InChI=1S/C14H27NO3S/c1-4-8-15-14(13(16)18-5-2)7-6-12(11-14)19-10-9-17-3/h12,15H,4-11H2,1-3H3. The first-order chi connectivity index (χ1) is 9.18. The predicted octanol–water partition coefficient (Wildman–Crippen LogP) is 2.22. The van der Waals surface area contributed by atoms with Crippen molar-refractivity contribution in [2.24, 2.45) is 0 Å². The highest BCUT2D eigenvalue weighted by molar-refractivity contribution is 7.99. The summed E-state index contributed by atoms with van der Waals surface area (Å²) in [6, 6.07) is 0. The Morgan fingerprint density at radius 2 is 2.26 bits per heavy atom. The van der Waals surface area contributed by atoms with Crippen LogP contribution >= 0.6 is 11.8 Å². The molecule has 1 aliphatic rings. The molecule has 0 aromatic heterocycles. The van der Waals surface area contributed by atoms with Crippen LogP contribution in [0.25, 0.3) is 0 Å². The fourth-order valence-corrected chi connectivity index (χ4v) is 3.78. The molecule has 0 saturated heterocycles. The molecule has 1 rings (SSSR count). The molecule has 1 saturated carbocycles. The average Bonchev–Trinajstić information content (AvgIpc) is 2.82. The molecular weight excluding hydrogens is 262 g/mol. The lowest BCUT2D eigenvalue weighted by atomic mass is 9.97. The van der Waals surface area contributed by atoms with Gasteiger partial charge in [-0.3, -0.25) is 4.79 Å². The molecule has 0 aromatic carbocycles. The minimum Gasteiger partial charge on any atom is -0.465 e. The number of carbonyl (C=O) groups is 1. The molecule has 5 heteroatoms. The van der Waals surface area contributed by atoms with Gasteiger partial charge in [-0.15, -0.1) is 0 Å². The zero-order valence-corrected chi connectivity index (χ0v) is 13.2. The monoisotopic (exact) mass is 289 g/mol. The summed E-state index contributed by atoms with van der Waals surface area (Å²) >= 11 is 1.91. The predicted molar refractivity (Wildman–Crippen MR) is 79.6 cm³/mol. The van der Waals surface area contributed by atoms with E-state index >= 15 is 0 Å². The highest BCUT2D eigenvalue weighted by Crippen LogP contribution is 2.38. The van der Waals surface area contributed by atoms with Crippen molar-refractivity contribution in [2.45, 2.75) is 50.3 Å². The zero-order chi connectivity index (χ0) is 14.1. The van der Waals surface area contributed by atoms with Gasteiger partial charge >= 0.3 is 5.97 Å². The summed E-state index contributed by atoms with van der Waals surface area (Å²) < 4.78 is 10.3. The number of nitrogens with one attached hydrogen (secondary N) is 1. The summed E-state index contributed by atoms with van der Waals surface area (Å²) in [5.74, 6) is 0.923. The molecule has 0 amide bonds. The SMILES string of the molecule is CCCNC1(C(=O)OCC)CCC(SCCOC)C1. The lowest BCUT2D eigenvalue weighted by Gasteiger charge is -2.28. The molecule has 1 fully saturated rings. The molecular formula is C14H27NO3S. The molecule has 2 atom stereocenters. The Kier molecular flexibility index (Phi) is 7.80. The summed E-state index contributed by atoms with van der Waals surface area (Å²) in [7, 11) is 1.72. The number of rotatable bonds is 9. The number of methoxy groups -OCH3 is 1. The Hall–Kier alpha value is -0.260. The Balaban J connectivity index is 2.54. The third kappa shape index (κ3) is 4.97. The Morgan fingerprint density at radius 3 is 2.89 bits per heavy atom. The van der Waals surface area contributed by atoms with Crippen LogP contribution in [0.1, 0.15) is 39.5 Å².